The van der Waals surface area contributed by atoms with Crippen molar-refractivity contribution in [2.45, 2.75) is 26.2 Å². The van der Waals surface area contributed by atoms with Crippen LogP contribution in [0.4, 0.5) is 11.5 Å². The molecule has 0 fully saturated rings. The van der Waals surface area contributed by atoms with E-state index in [1.54, 1.807) is 12.4 Å². The predicted molar refractivity (Wildman–Crippen MR) is 125 cm³/mol. The number of nitrogens with zero attached hydrogens (tertiary/aromatic N) is 4. The van der Waals surface area contributed by atoms with Gasteiger partial charge in [-0.2, -0.15) is 5.26 Å². The number of hydrogen-bond acceptors (Lipinski definition) is 6. The Kier molecular flexibility index (Phi) is 6.69. The molecule has 0 aliphatic rings. The van der Waals surface area contributed by atoms with Gasteiger partial charge in [-0.25, -0.2) is 9.97 Å². The zero-order valence-electron chi connectivity index (χ0n) is 17.8. The van der Waals surface area contributed by atoms with E-state index in [-0.39, 0.29) is 0 Å². The van der Waals surface area contributed by atoms with Crippen molar-refractivity contribution in [3.63, 3.8) is 0 Å². The number of aromatic nitrogens is 3. The van der Waals surface area contributed by atoms with Crippen LogP contribution in [0.3, 0.4) is 0 Å². The van der Waals surface area contributed by atoms with Gasteiger partial charge in [-0.1, -0.05) is 25.1 Å². The second kappa shape index (κ2) is 10.2. The van der Waals surface area contributed by atoms with Crippen molar-refractivity contribution in [2.75, 3.05) is 5.32 Å². The number of hydrogen-bond donors (Lipinski definition) is 1. The topological polar surface area (TPSA) is 83.7 Å². The molecule has 0 amide bonds. The van der Waals surface area contributed by atoms with Crippen molar-refractivity contribution in [3.8, 4) is 29.0 Å². The van der Waals surface area contributed by atoms with Gasteiger partial charge < -0.3 is 10.1 Å². The Morgan fingerprint density at radius 3 is 2.72 bits per heavy atom. The number of benzene rings is 1. The van der Waals surface area contributed by atoms with Gasteiger partial charge in [0.1, 0.15) is 17.3 Å². The fraction of sp³-hybridized carbons (Fsp3) is 0.154. The highest BCUT2D eigenvalue weighted by Crippen LogP contribution is 2.32. The monoisotopic (exact) mass is 421 g/mol. The average Bonchev–Trinajstić information content (AvgIpc) is 2.84. The highest BCUT2D eigenvalue weighted by molar-refractivity contribution is 5.64. The summed E-state index contributed by atoms with van der Waals surface area (Å²) in [4.78, 5) is 13.6. The minimum atomic E-state index is 0.495. The van der Waals surface area contributed by atoms with E-state index in [0.29, 0.717) is 29.4 Å². The first-order valence-electron chi connectivity index (χ1n) is 10.5. The summed E-state index contributed by atoms with van der Waals surface area (Å²) in [7, 11) is 0. The molecule has 1 N–H and O–H groups in total. The second-order valence-electron chi connectivity index (χ2n) is 7.18. The van der Waals surface area contributed by atoms with Crippen LogP contribution in [-0.4, -0.2) is 15.0 Å². The number of pyridine rings is 3. The standard InChI is InChI=1S/C26H23N5O/c1-2-20-11-12-24(26(31-20)23-10-3-4-15-28-23)32-22-13-16-29-25(18-22)30-21-9-5-7-19(17-21)8-6-14-27/h3-5,7,9-13,15-18H,2,6,8H2,1H3,(H,29,30). The zero-order chi connectivity index (χ0) is 22.2. The largest absolute Gasteiger partial charge is 0.455 e. The second-order valence-corrected chi connectivity index (χ2v) is 7.18. The smallest absolute Gasteiger partial charge is 0.155 e. The molecule has 158 valence electrons. The maximum atomic E-state index is 8.81. The third-order valence-corrected chi connectivity index (χ3v) is 4.87. The Hall–Kier alpha value is -4.24. The van der Waals surface area contributed by atoms with E-state index in [2.05, 4.69) is 28.3 Å². The molecule has 0 radical (unpaired) electrons. The van der Waals surface area contributed by atoms with E-state index in [4.69, 9.17) is 15.0 Å². The lowest BCUT2D eigenvalue weighted by molar-refractivity contribution is 0.481. The van der Waals surface area contributed by atoms with E-state index in [9.17, 15) is 0 Å². The molecule has 0 unspecified atom stereocenters. The van der Waals surface area contributed by atoms with Gasteiger partial charge in [0.2, 0.25) is 0 Å². The Balaban J connectivity index is 1.57. The molecule has 0 bridgehead atoms. The van der Waals surface area contributed by atoms with E-state index in [1.165, 1.54) is 0 Å². The number of rotatable bonds is 8. The first-order valence-corrected chi connectivity index (χ1v) is 10.5. The van der Waals surface area contributed by atoms with Crippen LogP contribution in [-0.2, 0) is 12.8 Å². The van der Waals surface area contributed by atoms with E-state index in [0.717, 1.165) is 35.5 Å². The summed E-state index contributed by atoms with van der Waals surface area (Å²) in [5, 5.41) is 12.1. The molecule has 4 aromatic rings. The molecular weight excluding hydrogens is 398 g/mol. The van der Waals surface area contributed by atoms with Crippen LogP contribution in [0.2, 0.25) is 0 Å². The van der Waals surface area contributed by atoms with E-state index < -0.39 is 0 Å². The van der Waals surface area contributed by atoms with Gasteiger partial charge in [0.15, 0.2) is 5.75 Å². The Morgan fingerprint density at radius 1 is 0.969 bits per heavy atom. The normalized spacial score (nSPS) is 10.4. The van der Waals surface area contributed by atoms with Crippen molar-refractivity contribution < 1.29 is 4.74 Å². The number of nitrogens with one attached hydrogen (secondary N) is 1. The summed E-state index contributed by atoms with van der Waals surface area (Å²) in [6.07, 6.45) is 5.50. The molecule has 0 aliphatic carbocycles. The van der Waals surface area contributed by atoms with Crippen LogP contribution in [0.5, 0.6) is 11.5 Å². The molecule has 4 rings (SSSR count). The predicted octanol–water partition coefficient (Wildman–Crippen LogP) is 6.09. The minimum absolute atomic E-state index is 0.495. The fourth-order valence-electron chi connectivity index (χ4n) is 3.28. The summed E-state index contributed by atoms with van der Waals surface area (Å²) in [5.74, 6) is 1.94. The van der Waals surface area contributed by atoms with Crippen LogP contribution < -0.4 is 10.1 Å². The molecule has 1 aromatic carbocycles. The molecule has 6 heteroatoms. The van der Waals surface area contributed by atoms with Crippen LogP contribution in [0.15, 0.2) is 79.1 Å². The lowest BCUT2D eigenvalue weighted by Gasteiger charge is -2.13. The molecule has 0 atom stereocenters. The van der Waals surface area contributed by atoms with Crippen molar-refractivity contribution in [1.29, 1.82) is 5.26 Å². The van der Waals surface area contributed by atoms with Gasteiger partial charge in [-0.05, 0) is 60.9 Å². The van der Waals surface area contributed by atoms with Gasteiger partial charge in [0.05, 0.1) is 11.8 Å². The highest BCUT2D eigenvalue weighted by Gasteiger charge is 2.12. The zero-order valence-corrected chi connectivity index (χ0v) is 17.8. The number of anilines is 2. The Bertz CT molecular complexity index is 1230. The first kappa shape index (κ1) is 21.0. The third-order valence-electron chi connectivity index (χ3n) is 4.87. The van der Waals surface area contributed by atoms with Crippen molar-refractivity contribution >= 4 is 11.5 Å². The molecule has 3 heterocycles. The average molecular weight is 422 g/mol. The number of nitriles is 1. The number of aryl methyl sites for hydroxylation is 2. The molecule has 0 aliphatic heterocycles. The van der Waals surface area contributed by atoms with E-state index >= 15 is 0 Å². The van der Waals surface area contributed by atoms with Crippen molar-refractivity contribution in [2.24, 2.45) is 0 Å². The minimum Gasteiger partial charge on any atom is -0.455 e. The molecule has 0 saturated heterocycles. The summed E-state index contributed by atoms with van der Waals surface area (Å²) >= 11 is 0. The quantitative estimate of drug-likeness (QED) is 0.370. The summed E-state index contributed by atoms with van der Waals surface area (Å²) < 4.78 is 6.20. The summed E-state index contributed by atoms with van der Waals surface area (Å²) in [5.41, 5.74) is 4.46. The van der Waals surface area contributed by atoms with Crippen molar-refractivity contribution in [3.05, 3.63) is 90.4 Å². The lowest BCUT2D eigenvalue weighted by Crippen LogP contribution is -1.98. The molecular formula is C26H23N5O. The van der Waals surface area contributed by atoms with Crippen LogP contribution in [0, 0.1) is 11.3 Å². The van der Waals surface area contributed by atoms with Crippen LogP contribution in [0.1, 0.15) is 24.6 Å². The molecule has 0 saturated carbocycles. The first-order chi connectivity index (χ1) is 15.7. The van der Waals surface area contributed by atoms with E-state index in [1.807, 2.05) is 66.7 Å². The number of ether oxygens (including phenoxy) is 1. The van der Waals surface area contributed by atoms with Gasteiger partial charge in [-0.3, -0.25) is 4.98 Å². The van der Waals surface area contributed by atoms with Gasteiger partial charge in [0.25, 0.3) is 0 Å². The molecule has 6 nitrogen and oxygen atoms in total. The SMILES string of the molecule is CCc1ccc(Oc2ccnc(Nc3cccc(CCC#N)c3)c2)c(-c2ccccn2)n1. The lowest BCUT2D eigenvalue weighted by atomic mass is 10.1. The molecule has 0 spiro atoms. The third kappa shape index (κ3) is 5.27. The summed E-state index contributed by atoms with van der Waals surface area (Å²) in [6, 6.07) is 23.5. The van der Waals surface area contributed by atoms with Crippen LogP contribution in [0.25, 0.3) is 11.4 Å². The Morgan fingerprint density at radius 2 is 1.91 bits per heavy atom. The maximum Gasteiger partial charge on any atom is 0.155 e. The molecule has 32 heavy (non-hydrogen) atoms. The fourth-order valence-corrected chi connectivity index (χ4v) is 3.28. The molecule has 3 aromatic heterocycles. The van der Waals surface area contributed by atoms with Crippen molar-refractivity contribution in [1.82, 2.24) is 15.0 Å². The highest BCUT2D eigenvalue weighted by atomic mass is 16.5. The summed E-state index contributed by atoms with van der Waals surface area (Å²) in [6.45, 7) is 2.07. The van der Waals surface area contributed by atoms with Crippen LogP contribution >= 0.6 is 0 Å². The van der Waals surface area contributed by atoms with Gasteiger partial charge in [0, 0.05) is 36.3 Å². The Labute approximate surface area is 187 Å². The van der Waals surface area contributed by atoms with Gasteiger partial charge in [-0.15, -0.1) is 0 Å². The maximum absolute atomic E-state index is 8.81. The van der Waals surface area contributed by atoms with Gasteiger partial charge >= 0.3 is 0 Å².